The molecular formula is C14H22ClNO3. The minimum Gasteiger partial charge on any atom is -0.493 e. The predicted molar refractivity (Wildman–Crippen MR) is 77.4 cm³/mol. The molecule has 1 aromatic carbocycles. The van der Waals surface area contributed by atoms with Gasteiger partial charge in [0.15, 0.2) is 11.5 Å². The molecule has 4 nitrogen and oxygen atoms in total. The lowest BCUT2D eigenvalue weighted by atomic mass is 10.2. The Bertz CT molecular complexity index is 385. The van der Waals surface area contributed by atoms with Crippen molar-refractivity contribution in [3.05, 3.63) is 22.7 Å². The van der Waals surface area contributed by atoms with E-state index < -0.39 is 0 Å². The molecule has 0 unspecified atom stereocenters. The minimum atomic E-state index is 0.646. The first-order valence-corrected chi connectivity index (χ1v) is 6.79. The molecule has 0 saturated heterocycles. The third-order valence-electron chi connectivity index (χ3n) is 2.71. The van der Waals surface area contributed by atoms with Crippen LogP contribution in [0.15, 0.2) is 12.1 Å². The minimum absolute atomic E-state index is 0.646. The summed E-state index contributed by atoms with van der Waals surface area (Å²) in [5, 5.41) is 4.01. The van der Waals surface area contributed by atoms with Gasteiger partial charge >= 0.3 is 0 Å². The highest BCUT2D eigenvalue weighted by molar-refractivity contribution is 6.31. The summed E-state index contributed by atoms with van der Waals surface area (Å²) in [6.45, 7) is 5.14. The molecule has 0 aliphatic heterocycles. The number of benzene rings is 1. The van der Waals surface area contributed by atoms with E-state index in [9.17, 15) is 0 Å². The van der Waals surface area contributed by atoms with Crippen LogP contribution in [-0.4, -0.2) is 34.0 Å². The second-order valence-electron chi connectivity index (χ2n) is 4.03. The second kappa shape index (κ2) is 9.02. The summed E-state index contributed by atoms with van der Waals surface area (Å²) in [5.41, 5.74) is 0.996. The Morgan fingerprint density at radius 1 is 1.16 bits per heavy atom. The first-order chi connectivity index (χ1) is 9.22. The number of rotatable bonds is 9. The van der Waals surface area contributed by atoms with Gasteiger partial charge < -0.3 is 19.5 Å². The average molecular weight is 288 g/mol. The van der Waals surface area contributed by atoms with E-state index in [1.807, 2.05) is 13.0 Å². The summed E-state index contributed by atoms with van der Waals surface area (Å²) in [6.07, 6.45) is 0.985. The van der Waals surface area contributed by atoms with Gasteiger partial charge in [-0.3, -0.25) is 0 Å². The van der Waals surface area contributed by atoms with Crippen LogP contribution < -0.4 is 14.8 Å². The van der Waals surface area contributed by atoms with Gasteiger partial charge in [0.1, 0.15) is 0 Å². The molecule has 1 N–H and O–H groups in total. The van der Waals surface area contributed by atoms with Gasteiger partial charge in [0, 0.05) is 30.8 Å². The zero-order chi connectivity index (χ0) is 14.1. The van der Waals surface area contributed by atoms with E-state index in [1.165, 1.54) is 0 Å². The summed E-state index contributed by atoms with van der Waals surface area (Å²) < 4.78 is 15.7. The maximum Gasteiger partial charge on any atom is 0.162 e. The fourth-order valence-corrected chi connectivity index (χ4v) is 1.92. The molecule has 0 aliphatic rings. The smallest absolute Gasteiger partial charge is 0.162 e. The monoisotopic (exact) mass is 287 g/mol. The van der Waals surface area contributed by atoms with Crippen LogP contribution in [0.1, 0.15) is 18.9 Å². The van der Waals surface area contributed by atoms with Crippen LogP contribution in [0.2, 0.25) is 5.02 Å². The van der Waals surface area contributed by atoms with E-state index in [-0.39, 0.29) is 0 Å². The van der Waals surface area contributed by atoms with Gasteiger partial charge in [-0.2, -0.15) is 0 Å². The molecule has 19 heavy (non-hydrogen) atoms. The van der Waals surface area contributed by atoms with E-state index in [1.54, 1.807) is 20.3 Å². The zero-order valence-corrected chi connectivity index (χ0v) is 12.5. The summed E-state index contributed by atoms with van der Waals surface area (Å²) >= 11 is 6.20. The van der Waals surface area contributed by atoms with Crippen molar-refractivity contribution in [1.82, 2.24) is 5.32 Å². The second-order valence-corrected chi connectivity index (χ2v) is 4.43. The van der Waals surface area contributed by atoms with Crippen molar-refractivity contribution >= 4 is 11.6 Å². The molecule has 0 atom stereocenters. The van der Waals surface area contributed by atoms with Gasteiger partial charge in [-0.15, -0.1) is 0 Å². The first kappa shape index (κ1) is 16.1. The Hall–Kier alpha value is -0.970. The zero-order valence-electron chi connectivity index (χ0n) is 11.8. The number of hydrogen-bond acceptors (Lipinski definition) is 4. The molecule has 108 valence electrons. The van der Waals surface area contributed by atoms with Gasteiger partial charge in [-0.05, 0) is 31.5 Å². The van der Waals surface area contributed by atoms with Crippen molar-refractivity contribution in [3.63, 3.8) is 0 Å². The molecule has 0 radical (unpaired) electrons. The molecule has 0 amide bonds. The Morgan fingerprint density at radius 3 is 2.47 bits per heavy atom. The highest BCUT2D eigenvalue weighted by Crippen LogP contribution is 2.32. The first-order valence-electron chi connectivity index (χ1n) is 6.41. The SMILES string of the molecule is CCOCCCNCc1cc(OC)c(OC)cc1Cl. The molecule has 0 heterocycles. The van der Waals surface area contributed by atoms with E-state index in [0.29, 0.717) is 23.1 Å². The van der Waals surface area contributed by atoms with E-state index in [0.717, 1.165) is 31.7 Å². The van der Waals surface area contributed by atoms with Gasteiger partial charge in [-0.1, -0.05) is 11.6 Å². The van der Waals surface area contributed by atoms with Crippen molar-refractivity contribution in [3.8, 4) is 11.5 Å². The molecule has 1 rings (SSSR count). The van der Waals surface area contributed by atoms with Crippen molar-refractivity contribution in [1.29, 1.82) is 0 Å². The molecule has 0 spiro atoms. The lowest BCUT2D eigenvalue weighted by Crippen LogP contribution is -2.16. The molecule has 1 aromatic rings. The normalized spacial score (nSPS) is 10.5. The third-order valence-corrected chi connectivity index (χ3v) is 3.07. The Morgan fingerprint density at radius 2 is 1.84 bits per heavy atom. The lowest BCUT2D eigenvalue weighted by molar-refractivity contribution is 0.144. The van der Waals surface area contributed by atoms with Gasteiger partial charge in [0.25, 0.3) is 0 Å². The van der Waals surface area contributed by atoms with Gasteiger partial charge in [-0.25, -0.2) is 0 Å². The van der Waals surface area contributed by atoms with E-state index in [4.69, 9.17) is 25.8 Å². The lowest BCUT2D eigenvalue weighted by Gasteiger charge is -2.12. The van der Waals surface area contributed by atoms with Crippen LogP contribution in [0.4, 0.5) is 0 Å². The maximum atomic E-state index is 6.20. The fraction of sp³-hybridized carbons (Fsp3) is 0.571. The number of methoxy groups -OCH3 is 2. The summed E-state index contributed by atoms with van der Waals surface area (Å²) in [4.78, 5) is 0. The maximum absolute atomic E-state index is 6.20. The predicted octanol–water partition coefficient (Wildman–Crippen LogP) is 2.87. The fourth-order valence-electron chi connectivity index (χ4n) is 1.70. The molecule has 0 fully saturated rings. The highest BCUT2D eigenvalue weighted by atomic mass is 35.5. The van der Waals surface area contributed by atoms with Gasteiger partial charge in [0.05, 0.1) is 14.2 Å². The largest absolute Gasteiger partial charge is 0.493 e. The highest BCUT2D eigenvalue weighted by Gasteiger charge is 2.09. The number of nitrogens with one attached hydrogen (secondary N) is 1. The van der Waals surface area contributed by atoms with Crippen LogP contribution in [-0.2, 0) is 11.3 Å². The van der Waals surface area contributed by atoms with Crippen molar-refractivity contribution in [2.75, 3.05) is 34.0 Å². The number of ether oxygens (including phenoxy) is 3. The molecule has 0 aliphatic carbocycles. The molecular weight excluding hydrogens is 266 g/mol. The Labute approximate surface area is 120 Å². The van der Waals surface area contributed by atoms with Crippen LogP contribution >= 0.6 is 11.6 Å². The summed E-state index contributed by atoms with van der Waals surface area (Å²) in [7, 11) is 3.21. The Balaban J connectivity index is 2.49. The third kappa shape index (κ3) is 5.27. The topological polar surface area (TPSA) is 39.7 Å². The molecule has 0 bridgehead atoms. The molecule has 0 aromatic heterocycles. The average Bonchev–Trinajstić information content (AvgIpc) is 2.43. The standard InChI is InChI=1S/C14H22ClNO3/c1-4-19-7-5-6-16-10-11-8-13(17-2)14(18-3)9-12(11)15/h8-9,16H,4-7,10H2,1-3H3. The van der Waals surface area contributed by atoms with Crippen molar-refractivity contribution in [2.24, 2.45) is 0 Å². The number of hydrogen-bond donors (Lipinski definition) is 1. The summed E-state index contributed by atoms with van der Waals surface area (Å²) in [6, 6.07) is 3.67. The molecule has 0 saturated carbocycles. The van der Waals surface area contributed by atoms with E-state index in [2.05, 4.69) is 5.32 Å². The van der Waals surface area contributed by atoms with Crippen LogP contribution in [0.5, 0.6) is 11.5 Å². The summed E-state index contributed by atoms with van der Waals surface area (Å²) in [5.74, 6) is 1.34. The van der Waals surface area contributed by atoms with Crippen LogP contribution in [0.3, 0.4) is 0 Å². The van der Waals surface area contributed by atoms with Gasteiger partial charge in [0.2, 0.25) is 0 Å². The Kier molecular flexibility index (Phi) is 7.63. The molecule has 5 heteroatoms. The van der Waals surface area contributed by atoms with E-state index >= 15 is 0 Å². The quantitative estimate of drug-likeness (QED) is 0.709. The number of halogens is 1. The van der Waals surface area contributed by atoms with Crippen molar-refractivity contribution < 1.29 is 14.2 Å². The van der Waals surface area contributed by atoms with Crippen LogP contribution in [0.25, 0.3) is 0 Å². The van der Waals surface area contributed by atoms with Crippen LogP contribution in [0, 0.1) is 0 Å². The van der Waals surface area contributed by atoms with Crippen molar-refractivity contribution in [2.45, 2.75) is 19.9 Å².